The van der Waals surface area contributed by atoms with Crippen molar-refractivity contribution >= 4 is 15.7 Å². The summed E-state index contributed by atoms with van der Waals surface area (Å²) in [4.78, 5) is 16.8. The van der Waals surface area contributed by atoms with Gasteiger partial charge in [0.25, 0.3) is 0 Å². The van der Waals surface area contributed by atoms with Crippen LogP contribution in [0.3, 0.4) is 0 Å². The van der Waals surface area contributed by atoms with E-state index >= 15 is 0 Å². The Bertz CT molecular complexity index is 1080. The van der Waals surface area contributed by atoms with Crippen molar-refractivity contribution in [3.05, 3.63) is 95.3 Å². The second-order valence-corrected chi connectivity index (χ2v) is 9.15. The Morgan fingerprint density at radius 2 is 1.79 bits per heavy atom. The summed E-state index contributed by atoms with van der Waals surface area (Å²) in [6.07, 6.45) is 3.33. The topological polar surface area (TPSA) is 76.1 Å². The first kappa shape index (κ1) is 20.7. The van der Waals surface area contributed by atoms with Crippen molar-refractivity contribution in [2.45, 2.75) is 30.4 Å². The van der Waals surface area contributed by atoms with Gasteiger partial charge < -0.3 is 5.32 Å². The molecule has 1 N–H and O–H groups in total. The highest BCUT2D eigenvalue weighted by Crippen LogP contribution is 2.30. The van der Waals surface area contributed by atoms with Gasteiger partial charge in [-0.25, -0.2) is 8.42 Å². The van der Waals surface area contributed by atoms with E-state index in [0.717, 1.165) is 11.1 Å². The molecule has 0 radical (unpaired) electrons. The summed E-state index contributed by atoms with van der Waals surface area (Å²) in [6, 6.07) is 18.1. The molecule has 0 bridgehead atoms. The Morgan fingerprint density at radius 3 is 2.48 bits per heavy atom. The molecule has 5 nitrogen and oxygen atoms in total. The first-order valence-electron chi connectivity index (χ1n) is 9.39. The Balaban J connectivity index is 1.87. The monoisotopic (exact) mass is 408 g/mol. The van der Waals surface area contributed by atoms with E-state index in [1.165, 1.54) is 6.20 Å². The van der Waals surface area contributed by atoms with Crippen LogP contribution >= 0.6 is 0 Å². The lowest BCUT2D eigenvalue weighted by atomic mass is 10.1. The molecular formula is C23H24N2O3S. The van der Waals surface area contributed by atoms with Gasteiger partial charge in [-0.2, -0.15) is 0 Å². The molecule has 2 aromatic carbocycles. The van der Waals surface area contributed by atoms with Crippen LogP contribution in [0, 0.1) is 13.8 Å². The SMILES string of the molecule is Cc1ccc(C)c(S(=O)(=O)[C@H](CNC(=O)Cc2ccccc2)c2cccnc2)c1. The Labute approximate surface area is 171 Å². The predicted octanol–water partition coefficient (Wildman–Crippen LogP) is 3.57. The smallest absolute Gasteiger partial charge is 0.224 e. The molecule has 0 unspecified atom stereocenters. The standard InChI is InChI=1S/C23H24N2O3S/c1-17-10-11-18(2)21(13-17)29(27,28)22(20-9-6-12-24-15-20)16-25-23(26)14-19-7-4-3-5-8-19/h3-13,15,22H,14,16H2,1-2H3,(H,25,26)/t22-/m1/s1. The lowest BCUT2D eigenvalue weighted by Gasteiger charge is -2.20. The predicted molar refractivity (Wildman–Crippen MR) is 113 cm³/mol. The Kier molecular flexibility index (Phi) is 6.44. The molecule has 1 aromatic heterocycles. The number of hydrogen-bond donors (Lipinski definition) is 1. The average molecular weight is 409 g/mol. The lowest BCUT2D eigenvalue weighted by Crippen LogP contribution is -2.33. The fourth-order valence-electron chi connectivity index (χ4n) is 3.19. The first-order valence-corrected chi connectivity index (χ1v) is 10.9. The van der Waals surface area contributed by atoms with Gasteiger partial charge in [0, 0.05) is 18.9 Å². The highest BCUT2D eigenvalue weighted by atomic mass is 32.2. The summed E-state index contributed by atoms with van der Waals surface area (Å²) in [5.41, 5.74) is 2.97. The number of rotatable bonds is 7. The zero-order valence-corrected chi connectivity index (χ0v) is 17.3. The number of benzene rings is 2. The molecule has 1 heterocycles. The van der Waals surface area contributed by atoms with Crippen LogP contribution in [-0.4, -0.2) is 25.9 Å². The van der Waals surface area contributed by atoms with Gasteiger partial charge in [0.1, 0.15) is 5.25 Å². The first-order chi connectivity index (χ1) is 13.9. The van der Waals surface area contributed by atoms with E-state index in [1.807, 2.05) is 43.3 Å². The van der Waals surface area contributed by atoms with E-state index < -0.39 is 15.1 Å². The van der Waals surface area contributed by atoms with Crippen LogP contribution in [0.15, 0.2) is 78.0 Å². The maximum absolute atomic E-state index is 13.5. The third-order valence-corrected chi connectivity index (χ3v) is 7.01. The number of aryl methyl sites for hydroxylation is 2. The minimum Gasteiger partial charge on any atom is -0.354 e. The molecule has 0 fully saturated rings. The highest BCUT2D eigenvalue weighted by molar-refractivity contribution is 7.91. The maximum atomic E-state index is 13.5. The van der Waals surface area contributed by atoms with Crippen LogP contribution < -0.4 is 5.32 Å². The molecular weight excluding hydrogens is 384 g/mol. The molecule has 0 aliphatic carbocycles. The summed E-state index contributed by atoms with van der Waals surface area (Å²) >= 11 is 0. The number of carbonyl (C=O) groups is 1. The number of nitrogens with one attached hydrogen (secondary N) is 1. The summed E-state index contributed by atoms with van der Waals surface area (Å²) in [5.74, 6) is -0.221. The molecule has 1 atom stereocenters. The molecule has 0 spiro atoms. The van der Waals surface area contributed by atoms with Gasteiger partial charge in [0.2, 0.25) is 5.91 Å². The summed E-state index contributed by atoms with van der Waals surface area (Å²) < 4.78 is 27.0. The van der Waals surface area contributed by atoms with E-state index in [9.17, 15) is 13.2 Å². The van der Waals surface area contributed by atoms with Crippen LogP contribution in [0.4, 0.5) is 0 Å². The van der Waals surface area contributed by atoms with E-state index in [-0.39, 0.29) is 23.8 Å². The molecule has 3 aromatic rings. The lowest BCUT2D eigenvalue weighted by molar-refractivity contribution is -0.120. The van der Waals surface area contributed by atoms with Crippen molar-refractivity contribution in [2.24, 2.45) is 0 Å². The summed E-state index contributed by atoms with van der Waals surface area (Å²) in [5, 5.41) is 1.87. The van der Waals surface area contributed by atoms with Crippen LogP contribution in [0.5, 0.6) is 0 Å². The van der Waals surface area contributed by atoms with Gasteiger partial charge in [-0.1, -0.05) is 48.5 Å². The number of aromatic nitrogens is 1. The molecule has 0 aliphatic heterocycles. The number of hydrogen-bond acceptors (Lipinski definition) is 4. The van der Waals surface area contributed by atoms with Gasteiger partial charge >= 0.3 is 0 Å². The van der Waals surface area contributed by atoms with Crippen molar-refractivity contribution in [1.29, 1.82) is 0 Å². The quantitative estimate of drug-likeness (QED) is 0.648. The maximum Gasteiger partial charge on any atom is 0.224 e. The van der Waals surface area contributed by atoms with Crippen molar-refractivity contribution in [2.75, 3.05) is 6.54 Å². The Morgan fingerprint density at radius 1 is 1.03 bits per heavy atom. The average Bonchev–Trinajstić information content (AvgIpc) is 2.71. The zero-order valence-electron chi connectivity index (χ0n) is 16.5. The number of sulfone groups is 1. The number of carbonyl (C=O) groups excluding carboxylic acids is 1. The van der Waals surface area contributed by atoms with Gasteiger partial charge in [-0.15, -0.1) is 0 Å². The third-order valence-electron chi connectivity index (χ3n) is 4.77. The number of amides is 1. The van der Waals surface area contributed by atoms with Gasteiger partial charge in [0.15, 0.2) is 9.84 Å². The van der Waals surface area contributed by atoms with Crippen LogP contribution in [0.25, 0.3) is 0 Å². The molecule has 0 saturated carbocycles. The van der Waals surface area contributed by atoms with Gasteiger partial charge in [0.05, 0.1) is 11.3 Å². The van der Waals surface area contributed by atoms with E-state index in [2.05, 4.69) is 10.3 Å². The van der Waals surface area contributed by atoms with Crippen LogP contribution in [0.1, 0.15) is 27.5 Å². The van der Waals surface area contributed by atoms with Crippen LogP contribution in [0.2, 0.25) is 0 Å². The molecule has 150 valence electrons. The molecule has 1 amide bonds. The minimum absolute atomic E-state index is 0.0208. The molecule has 0 saturated heterocycles. The second kappa shape index (κ2) is 9.01. The van der Waals surface area contributed by atoms with Crippen molar-refractivity contribution in [1.82, 2.24) is 10.3 Å². The largest absolute Gasteiger partial charge is 0.354 e. The molecule has 6 heteroatoms. The summed E-state index contributed by atoms with van der Waals surface area (Å²) in [7, 11) is -3.73. The zero-order chi connectivity index (χ0) is 20.9. The molecule has 3 rings (SSSR count). The summed E-state index contributed by atoms with van der Waals surface area (Å²) in [6.45, 7) is 3.62. The highest BCUT2D eigenvalue weighted by Gasteiger charge is 2.31. The van der Waals surface area contributed by atoms with Crippen LogP contribution in [-0.2, 0) is 21.1 Å². The van der Waals surface area contributed by atoms with Crippen molar-refractivity contribution in [3.63, 3.8) is 0 Å². The minimum atomic E-state index is -3.73. The Hall–Kier alpha value is -2.99. The van der Waals surface area contributed by atoms with Crippen molar-refractivity contribution in [3.8, 4) is 0 Å². The number of pyridine rings is 1. The van der Waals surface area contributed by atoms with Crippen molar-refractivity contribution < 1.29 is 13.2 Å². The second-order valence-electron chi connectivity index (χ2n) is 7.06. The number of nitrogens with zero attached hydrogens (tertiary/aromatic N) is 1. The van der Waals surface area contributed by atoms with Gasteiger partial charge in [-0.3, -0.25) is 9.78 Å². The molecule has 29 heavy (non-hydrogen) atoms. The molecule has 0 aliphatic rings. The van der Waals surface area contributed by atoms with Gasteiger partial charge in [-0.05, 0) is 48.2 Å². The fraction of sp³-hybridized carbons (Fsp3) is 0.217. The van der Waals surface area contributed by atoms with E-state index in [4.69, 9.17) is 0 Å². The normalized spacial score (nSPS) is 12.3. The van der Waals surface area contributed by atoms with E-state index in [0.29, 0.717) is 11.1 Å². The van der Waals surface area contributed by atoms with E-state index in [1.54, 1.807) is 37.4 Å². The third kappa shape index (κ3) is 5.09. The fourth-order valence-corrected chi connectivity index (χ4v) is 5.16.